The molecule has 0 aliphatic heterocycles. The maximum Gasteiger partial charge on any atom is 1.00 e. The Kier molecular flexibility index (Phi) is 5.98. The molecule has 0 saturated heterocycles. The fourth-order valence-corrected chi connectivity index (χ4v) is 1.66. The summed E-state index contributed by atoms with van der Waals surface area (Å²) in [5, 5.41) is 0.449. The Morgan fingerprint density at radius 2 is 2.00 bits per heavy atom. The second-order valence-electron chi connectivity index (χ2n) is 2.24. The van der Waals surface area contributed by atoms with E-state index in [0.29, 0.717) is 5.30 Å². The van der Waals surface area contributed by atoms with Crippen LogP contribution in [0.5, 0.6) is 0 Å². The molecule has 0 radical (unpaired) electrons. The van der Waals surface area contributed by atoms with Gasteiger partial charge in [-0.25, -0.2) is 0 Å². The van der Waals surface area contributed by atoms with Crippen molar-refractivity contribution >= 4 is 13.3 Å². The molecule has 1 aromatic carbocycles. The smallest absolute Gasteiger partial charge is 0.591 e. The van der Waals surface area contributed by atoms with Crippen LogP contribution < -0.4 is 39.8 Å². The third-order valence-electron chi connectivity index (χ3n) is 1.57. The Morgan fingerprint density at radius 1 is 1.42 bits per heavy atom. The average molecular weight is 191 g/mol. The second kappa shape index (κ2) is 5.85. The minimum Gasteiger partial charge on any atom is -0.591 e. The van der Waals surface area contributed by atoms with E-state index in [-0.39, 0.29) is 29.6 Å². The molecule has 0 aromatic heterocycles. The van der Waals surface area contributed by atoms with Crippen molar-refractivity contribution in [3.63, 3.8) is 0 Å². The van der Waals surface area contributed by atoms with Gasteiger partial charge in [0.15, 0.2) is 5.30 Å². The van der Waals surface area contributed by atoms with Crippen molar-refractivity contribution in [2.75, 3.05) is 0 Å². The van der Waals surface area contributed by atoms with Crippen LogP contribution in [0.1, 0.15) is 12.5 Å². The zero-order chi connectivity index (χ0) is 8.27. The minimum absolute atomic E-state index is 0. The summed E-state index contributed by atoms with van der Waals surface area (Å²) in [4.78, 5) is 10.6. The SMILES string of the molecule is CCc1ccccc1[P+](=O)[O-].[Na+]. The predicted octanol–water partition coefficient (Wildman–Crippen LogP) is -2.02. The number of hydrogen-bond acceptors (Lipinski definition) is 2. The van der Waals surface area contributed by atoms with Gasteiger partial charge < -0.3 is 4.89 Å². The molecule has 1 atom stereocenters. The molecule has 0 saturated carbocycles. The molecule has 0 bridgehead atoms. The van der Waals surface area contributed by atoms with Crippen molar-refractivity contribution in [1.82, 2.24) is 0 Å². The van der Waals surface area contributed by atoms with Crippen molar-refractivity contribution in [1.29, 1.82) is 0 Å². The number of hydrogen-bond donors (Lipinski definition) is 0. The van der Waals surface area contributed by atoms with Crippen LogP contribution in [-0.4, -0.2) is 0 Å². The molecule has 0 aliphatic rings. The van der Waals surface area contributed by atoms with Gasteiger partial charge in [-0.3, -0.25) is 0 Å². The van der Waals surface area contributed by atoms with Crippen molar-refractivity contribution in [3.8, 4) is 0 Å². The first-order valence-electron chi connectivity index (χ1n) is 3.48. The molecular formula is C8H9NaO2P+. The van der Waals surface area contributed by atoms with Crippen LogP contribution in [0.3, 0.4) is 0 Å². The standard InChI is InChI=1S/C8H9O2P.Na/c1-2-7-5-3-4-6-8(7)11(9)10;/h3-6H,2H2,1H3;/q;+1. The molecule has 1 unspecified atom stereocenters. The van der Waals surface area contributed by atoms with Gasteiger partial charge in [0.2, 0.25) is 0 Å². The summed E-state index contributed by atoms with van der Waals surface area (Å²) in [6, 6.07) is 7.05. The van der Waals surface area contributed by atoms with E-state index < -0.39 is 8.03 Å². The Balaban J connectivity index is 0.00000121. The Morgan fingerprint density at radius 3 is 2.42 bits per heavy atom. The Bertz CT molecular complexity index is 276. The maximum atomic E-state index is 10.6. The van der Waals surface area contributed by atoms with Gasteiger partial charge in [-0.05, 0) is 12.5 Å². The van der Waals surface area contributed by atoms with Gasteiger partial charge in [-0.2, -0.15) is 0 Å². The first-order valence-corrected chi connectivity index (χ1v) is 4.65. The van der Waals surface area contributed by atoms with Gasteiger partial charge in [0.25, 0.3) is 0 Å². The van der Waals surface area contributed by atoms with E-state index in [2.05, 4.69) is 0 Å². The second-order valence-corrected chi connectivity index (χ2v) is 3.24. The summed E-state index contributed by atoms with van der Waals surface area (Å²) in [5.41, 5.74) is 0.892. The molecule has 0 fully saturated rings. The van der Waals surface area contributed by atoms with Gasteiger partial charge in [0.05, 0.1) is 0 Å². The zero-order valence-electron chi connectivity index (χ0n) is 7.28. The summed E-state index contributed by atoms with van der Waals surface area (Å²) in [5.74, 6) is 0. The average Bonchev–Trinajstić information content (AvgIpc) is 2.04. The minimum atomic E-state index is -2.42. The quantitative estimate of drug-likeness (QED) is 0.400. The summed E-state index contributed by atoms with van der Waals surface area (Å²) in [6.07, 6.45) is 0.763. The summed E-state index contributed by atoms with van der Waals surface area (Å²) < 4.78 is 10.6. The van der Waals surface area contributed by atoms with Crippen LogP contribution in [-0.2, 0) is 11.0 Å². The molecule has 0 spiro atoms. The molecule has 0 amide bonds. The van der Waals surface area contributed by atoms with Crippen LogP contribution >= 0.6 is 8.03 Å². The molecule has 4 heteroatoms. The summed E-state index contributed by atoms with van der Waals surface area (Å²) >= 11 is 0. The van der Waals surface area contributed by atoms with Crippen LogP contribution in [0.4, 0.5) is 0 Å². The maximum absolute atomic E-state index is 10.6. The predicted molar refractivity (Wildman–Crippen MR) is 43.1 cm³/mol. The number of benzene rings is 1. The molecule has 1 aromatic rings. The third kappa shape index (κ3) is 2.96. The zero-order valence-corrected chi connectivity index (χ0v) is 10.2. The van der Waals surface area contributed by atoms with Gasteiger partial charge in [0.1, 0.15) is 0 Å². The van der Waals surface area contributed by atoms with Crippen LogP contribution in [0.25, 0.3) is 0 Å². The fourth-order valence-electron chi connectivity index (χ4n) is 0.988. The van der Waals surface area contributed by atoms with Crippen molar-refractivity contribution < 1.29 is 39.0 Å². The first kappa shape index (κ1) is 12.3. The van der Waals surface area contributed by atoms with Crippen LogP contribution in [0.2, 0.25) is 0 Å². The van der Waals surface area contributed by atoms with E-state index in [4.69, 9.17) is 0 Å². The van der Waals surface area contributed by atoms with E-state index in [1.54, 1.807) is 12.1 Å². The van der Waals surface area contributed by atoms with Crippen molar-refractivity contribution in [3.05, 3.63) is 29.8 Å². The molecule has 2 nitrogen and oxygen atoms in total. The monoisotopic (exact) mass is 191 g/mol. The first-order chi connectivity index (χ1) is 5.25. The molecule has 0 aliphatic carbocycles. The normalized spacial score (nSPS) is 10.3. The number of aryl methyl sites for hydroxylation is 1. The molecule has 12 heavy (non-hydrogen) atoms. The molecule has 58 valence electrons. The van der Waals surface area contributed by atoms with E-state index >= 15 is 0 Å². The summed E-state index contributed by atoms with van der Waals surface area (Å²) in [6.45, 7) is 1.94. The van der Waals surface area contributed by atoms with E-state index in [0.717, 1.165) is 12.0 Å². The largest absolute Gasteiger partial charge is 1.00 e. The molecule has 0 heterocycles. The van der Waals surface area contributed by atoms with Crippen molar-refractivity contribution in [2.24, 2.45) is 0 Å². The molecule has 1 rings (SSSR count). The Labute approximate surface area is 95.2 Å². The summed E-state index contributed by atoms with van der Waals surface area (Å²) in [7, 11) is -2.42. The van der Waals surface area contributed by atoms with Gasteiger partial charge in [-0.1, -0.05) is 29.7 Å². The van der Waals surface area contributed by atoms with Crippen LogP contribution in [0, 0.1) is 0 Å². The fraction of sp³-hybridized carbons (Fsp3) is 0.250. The number of rotatable bonds is 2. The molecule has 0 N–H and O–H groups in total. The van der Waals surface area contributed by atoms with Crippen LogP contribution in [0.15, 0.2) is 24.3 Å². The van der Waals surface area contributed by atoms with Gasteiger partial charge in [-0.15, -0.1) is 0 Å². The van der Waals surface area contributed by atoms with E-state index in [9.17, 15) is 9.46 Å². The van der Waals surface area contributed by atoms with Gasteiger partial charge in [0, 0.05) is 5.56 Å². The third-order valence-corrected chi connectivity index (χ3v) is 2.40. The van der Waals surface area contributed by atoms with Gasteiger partial charge >= 0.3 is 37.6 Å². The topological polar surface area (TPSA) is 40.1 Å². The van der Waals surface area contributed by atoms with E-state index in [1.807, 2.05) is 19.1 Å². The Hall–Kier alpha value is 0.280. The van der Waals surface area contributed by atoms with E-state index in [1.165, 1.54) is 0 Å². The van der Waals surface area contributed by atoms with Crippen molar-refractivity contribution in [2.45, 2.75) is 13.3 Å². The molecular weight excluding hydrogens is 182 g/mol.